The Morgan fingerprint density at radius 1 is 1.14 bits per heavy atom. The van der Waals surface area contributed by atoms with Crippen molar-refractivity contribution in [2.24, 2.45) is 0 Å². The van der Waals surface area contributed by atoms with Crippen LogP contribution in [0.4, 0.5) is 5.82 Å². The van der Waals surface area contributed by atoms with Crippen molar-refractivity contribution in [1.82, 2.24) is 15.0 Å². The van der Waals surface area contributed by atoms with Crippen LogP contribution in [0.1, 0.15) is 62.6 Å². The van der Waals surface area contributed by atoms with Crippen molar-refractivity contribution in [3.8, 4) is 6.01 Å². The molecule has 0 amide bonds. The molecule has 0 aliphatic heterocycles. The molecule has 0 bridgehead atoms. The Kier molecular flexibility index (Phi) is 9.18. The standard InChI is InChI=1S/C21H30N4O3/c1-3-28-21-23-14-16(15-24-21)18(20(26)27)12-8-6-4-5-7-10-17-11-9-13-19(22-2)25-17/h9,11,13-15,18H,3-8,10,12H2,1-2H3,(H,22,25)(H,26,27)/t18-/m1/s1. The van der Waals surface area contributed by atoms with Crippen LogP contribution in [0, 0.1) is 0 Å². The van der Waals surface area contributed by atoms with E-state index in [1.807, 2.05) is 26.1 Å². The second-order valence-electron chi connectivity index (χ2n) is 6.69. The van der Waals surface area contributed by atoms with E-state index in [9.17, 15) is 9.90 Å². The van der Waals surface area contributed by atoms with Crippen molar-refractivity contribution in [2.75, 3.05) is 19.0 Å². The van der Waals surface area contributed by atoms with Gasteiger partial charge in [0.25, 0.3) is 0 Å². The number of aliphatic carboxylic acids is 1. The van der Waals surface area contributed by atoms with Gasteiger partial charge in [0.1, 0.15) is 5.82 Å². The minimum atomic E-state index is -0.830. The molecule has 28 heavy (non-hydrogen) atoms. The molecule has 0 radical (unpaired) electrons. The zero-order chi connectivity index (χ0) is 20.2. The third-order valence-electron chi connectivity index (χ3n) is 4.61. The predicted octanol–water partition coefficient (Wildman–Crippen LogP) is 4.06. The summed E-state index contributed by atoms with van der Waals surface area (Å²) in [4.78, 5) is 24.3. The highest BCUT2D eigenvalue weighted by Crippen LogP contribution is 2.23. The fourth-order valence-electron chi connectivity index (χ4n) is 3.09. The van der Waals surface area contributed by atoms with E-state index in [0.29, 0.717) is 18.6 Å². The number of hydrogen-bond donors (Lipinski definition) is 2. The van der Waals surface area contributed by atoms with Gasteiger partial charge in [-0.2, -0.15) is 0 Å². The molecule has 2 heterocycles. The Labute approximate surface area is 166 Å². The van der Waals surface area contributed by atoms with Crippen LogP contribution in [0.3, 0.4) is 0 Å². The van der Waals surface area contributed by atoms with Gasteiger partial charge in [0.2, 0.25) is 0 Å². The number of nitrogens with one attached hydrogen (secondary N) is 1. The molecule has 152 valence electrons. The average Bonchev–Trinajstić information content (AvgIpc) is 2.71. The first-order valence-electron chi connectivity index (χ1n) is 9.95. The molecule has 2 N–H and O–H groups in total. The second-order valence-corrected chi connectivity index (χ2v) is 6.69. The molecule has 2 rings (SSSR count). The largest absolute Gasteiger partial charge is 0.481 e. The number of rotatable bonds is 13. The first-order valence-corrected chi connectivity index (χ1v) is 9.95. The maximum absolute atomic E-state index is 11.6. The lowest BCUT2D eigenvalue weighted by Gasteiger charge is -2.12. The smallest absolute Gasteiger partial charge is 0.316 e. The number of aromatic nitrogens is 3. The lowest BCUT2D eigenvalue weighted by Crippen LogP contribution is -2.12. The van der Waals surface area contributed by atoms with E-state index in [2.05, 4.69) is 26.3 Å². The molecule has 0 saturated carbocycles. The third kappa shape index (κ3) is 7.13. The van der Waals surface area contributed by atoms with Crippen molar-refractivity contribution in [2.45, 2.75) is 57.8 Å². The molecule has 2 aromatic rings. The molecule has 1 atom stereocenters. The molecule has 0 aliphatic carbocycles. The number of carboxylic acid groups (broad SMARTS) is 1. The fourth-order valence-corrected chi connectivity index (χ4v) is 3.09. The number of anilines is 1. The number of nitrogens with zero attached hydrogens (tertiary/aromatic N) is 3. The molecular formula is C21H30N4O3. The Bertz CT molecular complexity index is 722. The highest BCUT2D eigenvalue weighted by atomic mass is 16.5. The molecule has 0 saturated heterocycles. The summed E-state index contributed by atoms with van der Waals surface area (Å²) in [5.74, 6) is -0.497. The highest BCUT2D eigenvalue weighted by Gasteiger charge is 2.20. The molecule has 0 aromatic carbocycles. The van der Waals surface area contributed by atoms with Crippen LogP contribution in [0.5, 0.6) is 6.01 Å². The van der Waals surface area contributed by atoms with Crippen LogP contribution in [-0.4, -0.2) is 39.7 Å². The van der Waals surface area contributed by atoms with Crippen LogP contribution >= 0.6 is 0 Å². The van der Waals surface area contributed by atoms with Gasteiger partial charge in [-0.25, -0.2) is 15.0 Å². The van der Waals surface area contributed by atoms with Gasteiger partial charge in [0, 0.05) is 30.7 Å². The van der Waals surface area contributed by atoms with Gasteiger partial charge in [-0.1, -0.05) is 31.7 Å². The minimum Gasteiger partial charge on any atom is -0.481 e. The summed E-state index contributed by atoms with van der Waals surface area (Å²) in [6, 6.07) is 6.31. The van der Waals surface area contributed by atoms with E-state index < -0.39 is 11.9 Å². The van der Waals surface area contributed by atoms with Gasteiger partial charge in [0.15, 0.2) is 0 Å². The summed E-state index contributed by atoms with van der Waals surface area (Å²) in [7, 11) is 1.87. The van der Waals surface area contributed by atoms with Gasteiger partial charge in [0.05, 0.1) is 12.5 Å². The van der Waals surface area contributed by atoms with Gasteiger partial charge >= 0.3 is 12.0 Å². The molecule has 7 nitrogen and oxygen atoms in total. The van der Waals surface area contributed by atoms with Crippen LogP contribution < -0.4 is 10.1 Å². The Morgan fingerprint density at radius 2 is 1.86 bits per heavy atom. The Balaban J connectivity index is 1.68. The molecule has 0 unspecified atom stereocenters. The molecular weight excluding hydrogens is 356 g/mol. The van der Waals surface area contributed by atoms with E-state index in [4.69, 9.17) is 4.74 Å². The average molecular weight is 386 g/mol. The van der Waals surface area contributed by atoms with E-state index in [1.54, 1.807) is 12.4 Å². The van der Waals surface area contributed by atoms with E-state index >= 15 is 0 Å². The molecule has 0 spiro atoms. The molecule has 0 fully saturated rings. The summed E-state index contributed by atoms with van der Waals surface area (Å²) < 4.78 is 5.20. The van der Waals surface area contributed by atoms with Crippen molar-refractivity contribution >= 4 is 11.8 Å². The highest BCUT2D eigenvalue weighted by molar-refractivity contribution is 5.75. The normalized spacial score (nSPS) is 11.8. The second kappa shape index (κ2) is 11.9. The zero-order valence-corrected chi connectivity index (χ0v) is 16.7. The fraction of sp³-hybridized carbons (Fsp3) is 0.524. The summed E-state index contributed by atoms with van der Waals surface area (Å²) in [6.07, 6.45) is 9.88. The molecule has 7 heteroatoms. The number of pyridine rings is 1. The summed E-state index contributed by atoms with van der Waals surface area (Å²) >= 11 is 0. The van der Waals surface area contributed by atoms with Gasteiger partial charge in [-0.05, 0) is 38.3 Å². The van der Waals surface area contributed by atoms with Crippen molar-refractivity contribution in [3.05, 3.63) is 41.9 Å². The molecule has 2 aromatic heterocycles. The van der Waals surface area contributed by atoms with Crippen molar-refractivity contribution < 1.29 is 14.6 Å². The Hall–Kier alpha value is -2.70. The zero-order valence-electron chi connectivity index (χ0n) is 16.7. The van der Waals surface area contributed by atoms with Crippen molar-refractivity contribution in [1.29, 1.82) is 0 Å². The van der Waals surface area contributed by atoms with Crippen LogP contribution in [0.25, 0.3) is 0 Å². The maximum atomic E-state index is 11.6. The van der Waals surface area contributed by atoms with Crippen LogP contribution in [0.2, 0.25) is 0 Å². The SMILES string of the molecule is CCOc1ncc([C@@H](CCCCCCCc2cccc(NC)n2)C(=O)O)cn1. The topological polar surface area (TPSA) is 97.2 Å². The number of carboxylic acids is 1. The van der Waals surface area contributed by atoms with Gasteiger partial charge in [-0.15, -0.1) is 0 Å². The third-order valence-corrected chi connectivity index (χ3v) is 4.61. The first-order chi connectivity index (χ1) is 13.6. The lowest BCUT2D eigenvalue weighted by atomic mass is 9.95. The van der Waals surface area contributed by atoms with E-state index in [-0.39, 0.29) is 6.01 Å². The quantitative estimate of drug-likeness (QED) is 0.501. The summed E-state index contributed by atoms with van der Waals surface area (Å²) in [5, 5.41) is 12.6. The Morgan fingerprint density at radius 3 is 2.54 bits per heavy atom. The maximum Gasteiger partial charge on any atom is 0.316 e. The monoisotopic (exact) mass is 386 g/mol. The number of unbranched alkanes of at least 4 members (excludes halogenated alkanes) is 4. The number of hydrogen-bond acceptors (Lipinski definition) is 6. The summed E-state index contributed by atoms with van der Waals surface area (Å²) in [6.45, 7) is 2.34. The van der Waals surface area contributed by atoms with Gasteiger partial charge < -0.3 is 15.2 Å². The summed E-state index contributed by atoms with van der Waals surface area (Å²) in [5.41, 5.74) is 1.74. The van der Waals surface area contributed by atoms with Crippen LogP contribution in [-0.2, 0) is 11.2 Å². The minimum absolute atomic E-state index is 0.283. The van der Waals surface area contributed by atoms with Crippen LogP contribution in [0.15, 0.2) is 30.6 Å². The van der Waals surface area contributed by atoms with Crippen molar-refractivity contribution in [3.63, 3.8) is 0 Å². The van der Waals surface area contributed by atoms with E-state index in [0.717, 1.165) is 50.0 Å². The first kappa shape index (κ1) is 21.6. The predicted molar refractivity (Wildman–Crippen MR) is 109 cm³/mol. The number of carbonyl (C=O) groups is 1. The number of ether oxygens (including phenoxy) is 1. The van der Waals surface area contributed by atoms with Gasteiger partial charge in [-0.3, -0.25) is 4.79 Å². The van der Waals surface area contributed by atoms with E-state index in [1.165, 1.54) is 0 Å². The number of aryl methyl sites for hydroxylation is 1. The lowest BCUT2D eigenvalue weighted by molar-refractivity contribution is -0.139. The molecule has 0 aliphatic rings.